The van der Waals surface area contributed by atoms with Crippen molar-refractivity contribution in [3.05, 3.63) is 24.3 Å². The molecule has 1 aliphatic heterocycles. The lowest BCUT2D eigenvalue weighted by molar-refractivity contribution is 0.175. The maximum atomic E-state index is 4.29. The maximum Gasteiger partial charge on any atom is 0.137 e. The first kappa shape index (κ1) is 11.9. The van der Waals surface area contributed by atoms with Crippen molar-refractivity contribution in [2.75, 3.05) is 19.6 Å². The molecule has 1 atom stereocenters. The molecule has 18 heavy (non-hydrogen) atoms. The zero-order chi connectivity index (χ0) is 12.2. The first-order valence-corrected chi connectivity index (χ1v) is 7.14. The summed E-state index contributed by atoms with van der Waals surface area (Å²) in [6.45, 7) is 3.71. The van der Waals surface area contributed by atoms with Crippen LogP contribution in [0.1, 0.15) is 43.8 Å². The van der Waals surface area contributed by atoms with Crippen LogP contribution in [0.2, 0.25) is 0 Å². The first-order chi connectivity index (χ1) is 8.92. The molecule has 1 aliphatic carbocycles. The average Bonchev–Trinajstić information content (AvgIpc) is 2.95. The molecule has 4 heteroatoms. The zero-order valence-electron chi connectivity index (χ0n) is 10.9. The van der Waals surface area contributed by atoms with Crippen LogP contribution in [0.25, 0.3) is 0 Å². The summed E-state index contributed by atoms with van der Waals surface area (Å²) in [6, 6.07) is 0. The van der Waals surface area contributed by atoms with E-state index in [1.807, 2.05) is 0 Å². The summed E-state index contributed by atoms with van der Waals surface area (Å²) in [6.07, 6.45) is 12.7. The highest BCUT2D eigenvalue weighted by Gasteiger charge is 2.24. The largest absolute Gasteiger partial charge is 0.303 e. The van der Waals surface area contributed by atoms with E-state index < -0.39 is 0 Å². The van der Waals surface area contributed by atoms with Crippen molar-refractivity contribution in [3.63, 3.8) is 0 Å². The Labute approximate surface area is 108 Å². The second kappa shape index (κ2) is 5.65. The van der Waals surface area contributed by atoms with Gasteiger partial charge in [0.05, 0.1) is 0 Å². The van der Waals surface area contributed by atoms with Crippen molar-refractivity contribution in [2.24, 2.45) is 5.92 Å². The standard InChI is InChI=1S/C14H22N4/c1-2-4-12(5-3-1)10-18-8-6-13(7-9-18)14-15-11-16-17-14/h1-2,11-13H,3-10H2,(H,15,16,17). The highest BCUT2D eigenvalue weighted by atomic mass is 15.2. The number of nitrogens with one attached hydrogen (secondary N) is 1. The molecule has 1 fully saturated rings. The minimum absolute atomic E-state index is 0.593. The molecule has 0 aromatic carbocycles. The van der Waals surface area contributed by atoms with E-state index in [0.717, 1.165) is 11.7 Å². The van der Waals surface area contributed by atoms with Crippen LogP contribution in [-0.2, 0) is 0 Å². The summed E-state index contributed by atoms with van der Waals surface area (Å²) in [5.41, 5.74) is 0. The van der Waals surface area contributed by atoms with E-state index >= 15 is 0 Å². The fourth-order valence-corrected chi connectivity index (χ4v) is 3.19. The smallest absolute Gasteiger partial charge is 0.137 e. The Hall–Kier alpha value is -1.16. The third-order valence-corrected chi connectivity index (χ3v) is 4.30. The minimum atomic E-state index is 0.593. The van der Waals surface area contributed by atoms with Crippen LogP contribution in [0.5, 0.6) is 0 Å². The molecule has 2 heterocycles. The second-order valence-corrected chi connectivity index (χ2v) is 5.60. The summed E-state index contributed by atoms with van der Waals surface area (Å²) >= 11 is 0. The van der Waals surface area contributed by atoms with E-state index in [4.69, 9.17) is 0 Å². The van der Waals surface area contributed by atoms with E-state index in [9.17, 15) is 0 Å². The summed E-state index contributed by atoms with van der Waals surface area (Å²) in [4.78, 5) is 6.92. The number of aromatic amines is 1. The van der Waals surface area contributed by atoms with Crippen LogP contribution >= 0.6 is 0 Å². The van der Waals surface area contributed by atoms with Gasteiger partial charge in [-0.25, -0.2) is 4.98 Å². The van der Waals surface area contributed by atoms with E-state index in [2.05, 4.69) is 32.2 Å². The van der Waals surface area contributed by atoms with Crippen molar-refractivity contribution in [3.8, 4) is 0 Å². The predicted octanol–water partition coefficient (Wildman–Crippen LogP) is 2.34. The van der Waals surface area contributed by atoms with Gasteiger partial charge in [0, 0.05) is 12.5 Å². The topological polar surface area (TPSA) is 44.8 Å². The molecule has 0 saturated carbocycles. The lowest BCUT2D eigenvalue weighted by atomic mass is 9.91. The van der Waals surface area contributed by atoms with E-state index in [-0.39, 0.29) is 0 Å². The first-order valence-electron chi connectivity index (χ1n) is 7.14. The van der Waals surface area contributed by atoms with E-state index in [0.29, 0.717) is 5.92 Å². The molecule has 3 rings (SSSR count). The van der Waals surface area contributed by atoms with Crippen LogP contribution in [-0.4, -0.2) is 39.7 Å². The normalized spacial score (nSPS) is 26.6. The SMILES string of the molecule is C1=CCC(CN2CCC(c3ncn[nH]3)CC2)CC1. The van der Waals surface area contributed by atoms with Crippen LogP contribution in [0.4, 0.5) is 0 Å². The Morgan fingerprint density at radius 1 is 1.22 bits per heavy atom. The van der Waals surface area contributed by atoms with Gasteiger partial charge in [0.1, 0.15) is 12.2 Å². The number of allylic oxidation sites excluding steroid dienone is 2. The summed E-state index contributed by atoms with van der Waals surface area (Å²) < 4.78 is 0. The molecular formula is C14H22N4. The number of piperidine rings is 1. The lowest BCUT2D eigenvalue weighted by Gasteiger charge is -2.33. The van der Waals surface area contributed by atoms with Gasteiger partial charge in [-0.05, 0) is 51.1 Å². The van der Waals surface area contributed by atoms with Gasteiger partial charge >= 0.3 is 0 Å². The Bertz CT molecular complexity index is 377. The number of aromatic nitrogens is 3. The van der Waals surface area contributed by atoms with Gasteiger partial charge in [0.25, 0.3) is 0 Å². The Morgan fingerprint density at radius 3 is 2.78 bits per heavy atom. The number of H-pyrrole nitrogens is 1. The van der Waals surface area contributed by atoms with Crippen LogP contribution < -0.4 is 0 Å². The number of likely N-dealkylation sites (tertiary alicyclic amines) is 1. The molecule has 0 bridgehead atoms. The third kappa shape index (κ3) is 2.80. The van der Waals surface area contributed by atoms with Gasteiger partial charge in [-0.1, -0.05) is 12.2 Å². The van der Waals surface area contributed by atoms with Gasteiger partial charge in [-0.3, -0.25) is 5.10 Å². The fraction of sp³-hybridized carbons (Fsp3) is 0.714. The highest BCUT2D eigenvalue weighted by Crippen LogP contribution is 2.27. The van der Waals surface area contributed by atoms with E-state index in [1.54, 1.807) is 6.33 Å². The summed E-state index contributed by atoms with van der Waals surface area (Å²) in [5.74, 6) is 2.56. The molecule has 98 valence electrons. The van der Waals surface area contributed by atoms with Crippen LogP contribution in [0.15, 0.2) is 18.5 Å². The second-order valence-electron chi connectivity index (χ2n) is 5.60. The number of hydrogen-bond acceptors (Lipinski definition) is 3. The van der Waals surface area contributed by atoms with Gasteiger partial charge < -0.3 is 4.90 Å². The number of nitrogens with zero attached hydrogens (tertiary/aromatic N) is 3. The van der Waals surface area contributed by atoms with Crippen LogP contribution in [0.3, 0.4) is 0 Å². The molecule has 1 aromatic rings. The average molecular weight is 246 g/mol. The van der Waals surface area contributed by atoms with Crippen molar-refractivity contribution >= 4 is 0 Å². The van der Waals surface area contributed by atoms with Gasteiger partial charge in [-0.2, -0.15) is 5.10 Å². The molecule has 1 N–H and O–H groups in total. The summed E-state index contributed by atoms with van der Waals surface area (Å²) in [7, 11) is 0. The molecule has 0 radical (unpaired) electrons. The lowest BCUT2D eigenvalue weighted by Crippen LogP contribution is -2.37. The van der Waals surface area contributed by atoms with E-state index in [1.165, 1.54) is 51.7 Å². The Kier molecular flexibility index (Phi) is 3.74. The quantitative estimate of drug-likeness (QED) is 0.833. The van der Waals surface area contributed by atoms with Gasteiger partial charge in [-0.15, -0.1) is 0 Å². The Balaban J connectivity index is 1.46. The third-order valence-electron chi connectivity index (χ3n) is 4.30. The minimum Gasteiger partial charge on any atom is -0.303 e. The molecule has 1 saturated heterocycles. The van der Waals surface area contributed by atoms with Crippen molar-refractivity contribution in [2.45, 2.75) is 38.0 Å². The summed E-state index contributed by atoms with van der Waals surface area (Å²) in [5, 5.41) is 6.97. The zero-order valence-corrected chi connectivity index (χ0v) is 10.9. The molecule has 4 nitrogen and oxygen atoms in total. The van der Waals surface area contributed by atoms with Crippen molar-refractivity contribution in [1.82, 2.24) is 20.1 Å². The molecule has 2 aliphatic rings. The highest BCUT2D eigenvalue weighted by molar-refractivity contribution is 4.96. The molecule has 0 spiro atoms. The van der Waals surface area contributed by atoms with Crippen LogP contribution in [0, 0.1) is 5.92 Å². The van der Waals surface area contributed by atoms with Gasteiger partial charge in [0.2, 0.25) is 0 Å². The predicted molar refractivity (Wildman–Crippen MR) is 71.3 cm³/mol. The molecule has 1 aromatic heterocycles. The van der Waals surface area contributed by atoms with Crippen molar-refractivity contribution in [1.29, 1.82) is 0 Å². The Morgan fingerprint density at radius 2 is 2.11 bits per heavy atom. The van der Waals surface area contributed by atoms with Gasteiger partial charge in [0.15, 0.2) is 0 Å². The fourth-order valence-electron chi connectivity index (χ4n) is 3.19. The van der Waals surface area contributed by atoms with Crippen molar-refractivity contribution < 1.29 is 0 Å². The molecular weight excluding hydrogens is 224 g/mol. The number of hydrogen-bond donors (Lipinski definition) is 1. The maximum absolute atomic E-state index is 4.29. The number of rotatable bonds is 3. The molecule has 1 unspecified atom stereocenters. The monoisotopic (exact) mass is 246 g/mol. The molecule has 0 amide bonds.